The monoisotopic (exact) mass is 238 g/mol. The third-order valence-electron chi connectivity index (χ3n) is 2.36. The van der Waals surface area contributed by atoms with Crippen molar-refractivity contribution in [2.75, 3.05) is 0 Å². The highest BCUT2D eigenvalue weighted by Crippen LogP contribution is 2.19. The molecule has 6 heteroatoms. The summed E-state index contributed by atoms with van der Waals surface area (Å²) < 4.78 is 0. The van der Waals surface area contributed by atoms with E-state index >= 15 is 0 Å². The van der Waals surface area contributed by atoms with E-state index in [9.17, 15) is 9.59 Å². The van der Waals surface area contributed by atoms with E-state index in [0.717, 1.165) is 25.7 Å². The number of hydrogen-bond acceptors (Lipinski definition) is 2. The molecule has 0 spiro atoms. The van der Waals surface area contributed by atoms with Crippen molar-refractivity contribution in [1.82, 2.24) is 10.6 Å². The first-order chi connectivity index (χ1) is 6.58. The number of carbonyl (C=O) groups excluding carboxylic acids is 2. The molecule has 14 heavy (non-hydrogen) atoms. The van der Waals surface area contributed by atoms with Gasteiger partial charge < -0.3 is 10.6 Å². The summed E-state index contributed by atoms with van der Waals surface area (Å²) >= 11 is 10.4. The van der Waals surface area contributed by atoms with Gasteiger partial charge >= 0.3 is 10.7 Å². The number of amides is 2. The van der Waals surface area contributed by atoms with Crippen molar-refractivity contribution in [2.45, 2.75) is 37.8 Å². The molecule has 0 radical (unpaired) electrons. The molecule has 0 aliphatic heterocycles. The van der Waals surface area contributed by atoms with Gasteiger partial charge in [-0.05, 0) is 48.9 Å². The van der Waals surface area contributed by atoms with Crippen LogP contribution in [0.5, 0.6) is 0 Å². The van der Waals surface area contributed by atoms with Gasteiger partial charge in [-0.1, -0.05) is 0 Å². The first-order valence-electron chi connectivity index (χ1n) is 4.50. The van der Waals surface area contributed by atoms with Gasteiger partial charge in [0, 0.05) is 12.1 Å². The summed E-state index contributed by atoms with van der Waals surface area (Å²) in [5.41, 5.74) is 0. The lowest BCUT2D eigenvalue weighted by Crippen LogP contribution is -2.41. The normalized spacial score (nSPS) is 26.7. The number of hydrogen-bond donors (Lipinski definition) is 2. The van der Waals surface area contributed by atoms with E-state index in [0.29, 0.717) is 0 Å². The SMILES string of the molecule is O=C(Cl)NC1CCC(NC(=O)Cl)CC1. The molecule has 0 aromatic carbocycles. The Labute approximate surface area is 92.3 Å². The smallest absolute Gasteiger partial charge is 0.314 e. The van der Waals surface area contributed by atoms with E-state index < -0.39 is 10.7 Å². The van der Waals surface area contributed by atoms with Gasteiger partial charge in [-0.25, -0.2) is 0 Å². The summed E-state index contributed by atoms with van der Waals surface area (Å²) in [4.78, 5) is 21.1. The fourth-order valence-corrected chi connectivity index (χ4v) is 2.01. The molecule has 0 bridgehead atoms. The Morgan fingerprint density at radius 3 is 1.36 bits per heavy atom. The molecule has 80 valence electrons. The Bertz CT molecular complexity index is 203. The number of rotatable bonds is 2. The van der Waals surface area contributed by atoms with Crippen LogP contribution in [0.3, 0.4) is 0 Å². The topological polar surface area (TPSA) is 58.2 Å². The van der Waals surface area contributed by atoms with E-state index in [1.807, 2.05) is 0 Å². The Kier molecular flexibility index (Phi) is 4.48. The van der Waals surface area contributed by atoms with E-state index in [4.69, 9.17) is 23.2 Å². The maximum absolute atomic E-state index is 10.5. The minimum absolute atomic E-state index is 0.128. The summed E-state index contributed by atoms with van der Waals surface area (Å²) in [5.74, 6) is 0. The second-order valence-electron chi connectivity index (χ2n) is 3.38. The molecule has 0 saturated heterocycles. The van der Waals surface area contributed by atoms with Gasteiger partial charge in [0.2, 0.25) is 0 Å². The largest absolute Gasteiger partial charge is 0.340 e. The standard InChI is InChI=1S/C8H12Cl2N2O2/c9-7(13)11-5-1-2-6(4-3-5)12-8(10)14/h5-6H,1-4H2,(H,11,13)(H,12,14). The molecule has 4 nitrogen and oxygen atoms in total. The molecule has 0 aromatic heterocycles. The highest BCUT2D eigenvalue weighted by atomic mass is 35.5. The predicted octanol–water partition coefficient (Wildman–Crippen LogP) is 2.19. The van der Waals surface area contributed by atoms with Crippen LogP contribution in [0.2, 0.25) is 0 Å². The van der Waals surface area contributed by atoms with Crippen LogP contribution in [-0.4, -0.2) is 22.8 Å². The van der Waals surface area contributed by atoms with Gasteiger partial charge in [0.25, 0.3) is 0 Å². The van der Waals surface area contributed by atoms with E-state index in [-0.39, 0.29) is 12.1 Å². The summed E-state index contributed by atoms with van der Waals surface area (Å²) in [6.07, 6.45) is 3.28. The lowest BCUT2D eigenvalue weighted by Gasteiger charge is -2.28. The van der Waals surface area contributed by atoms with Gasteiger partial charge in [-0.15, -0.1) is 0 Å². The van der Waals surface area contributed by atoms with Crippen LogP contribution in [0, 0.1) is 0 Å². The molecular weight excluding hydrogens is 227 g/mol. The van der Waals surface area contributed by atoms with Crippen molar-refractivity contribution in [3.63, 3.8) is 0 Å². The van der Waals surface area contributed by atoms with Crippen LogP contribution in [0.1, 0.15) is 25.7 Å². The highest BCUT2D eigenvalue weighted by molar-refractivity contribution is 6.63. The van der Waals surface area contributed by atoms with Crippen LogP contribution >= 0.6 is 23.2 Å². The molecule has 1 saturated carbocycles. The predicted molar refractivity (Wildman–Crippen MR) is 54.8 cm³/mol. The lowest BCUT2D eigenvalue weighted by atomic mass is 9.91. The van der Waals surface area contributed by atoms with Crippen molar-refractivity contribution in [3.05, 3.63) is 0 Å². The van der Waals surface area contributed by atoms with Gasteiger partial charge in [-0.3, -0.25) is 9.59 Å². The molecule has 1 aliphatic carbocycles. The van der Waals surface area contributed by atoms with Gasteiger partial charge in [0.05, 0.1) is 0 Å². The van der Waals surface area contributed by atoms with Gasteiger partial charge in [-0.2, -0.15) is 0 Å². The lowest BCUT2D eigenvalue weighted by molar-refractivity contribution is 0.241. The van der Waals surface area contributed by atoms with Crippen LogP contribution in [-0.2, 0) is 0 Å². The molecule has 1 aliphatic rings. The summed E-state index contributed by atoms with van der Waals surface area (Å²) in [5, 5.41) is 4.24. The zero-order valence-electron chi connectivity index (χ0n) is 7.56. The molecule has 1 rings (SSSR count). The molecule has 0 aromatic rings. The summed E-state index contributed by atoms with van der Waals surface area (Å²) in [6, 6.07) is 0.256. The Morgan fingerprint density at radius 1 is 0.857 bits per heavy atom. The van der Waals surface area contributed by atoms with Crippen molar-refractivity contribution in [2.24, 2.45) is 0 Å². The van der Waals surface area contributed by atoms with Crippen molar-refractivity contribution in [3.8, 4) is 0 Å². The molecule has 0 atom stereocenters. The molecule has 2 amide bonds. The Balaban J connectivity index is 2.24. The number of halogens is 2. The fourth-order valence-electron chi connectivity index (χ4n) is 1.70. The summed E-state index contributed by atoms with van der Waals surface area (Å²) in [7, 11) is 0. The van der Waals surface area contributed by atoms with Gasteiger partial charge in [0.15, 0.2) is 0 Å². The number of carbonyl (C=O) groups is 2. The molecular formula is C8H12Cl2N2O2. The molecule has 0 heterocycles. The Morgan fingerprint density at radius 2 is 1.14 bits per heavy atom. The first-order valence-corrected chi connectivity index (χ1v) is 5.25. The molecule has 1 fully saturated rings. The first kappa shape index (κ1) is 11.6. The minimum Gasteiger partial charge on any atom is -0.340 e. The van der Waals surface area contributed by atoms with E-state index in [1.165, 1.54) is 0 Å². The third kappa shape index (κ3) is 4.15. The third-order valence-corrected chi connectivity index (χ3v) is 2.58. The molecule has 2 N–H and O–H groups in total. The van der Waals surface area contributed by atoms with Crippen LogP contribution in [0.25, 0.3) is 0 Å². The average molecular weight is 239 g/mol. The number of nitrogens with one attached hydrogen (secondary N) is 2. The van der Waals surface area contributed by atoms with Gasteiger partial charge in [0.1, 0.15) is 0 Å². The fraction of sp³-hybridized carbons (Fsp3) is 0.750. The van der Waals surface area contributed by atoms with Crippen LogP contribution < -0.4 is 10.6 Å². The van der Waals surface area contributed by atoms with Crippen LogP contribution in [0.4, 0.5) is 9.59 Å². The Hall–Kier alpha value is -0.480. The minimum atomic E-state index is -0.519. The zero-order chi connectivity index (χ0) is 10.6. The van der Waals surface area contributed by atoms with Crippen molar-refractivity contribution < 1.29 is 9.59 Å². The highest BCUT2D eigenvalue weighted by Gasteiger charge is 2.22. The summed E-state index contributed by atoms with van der Waals surface area (Å²) in [6.45, 7) is 0. The quantitative estimate of drug-likeness (QED) is 0.573. The second kappa shape index (κ2) is 5.41. The maximum Gasteiger partial charge on any atom is 0.314 e. The van der Waals surface area contributed by atoms with Crippen molar-refractivity contribution >= 4 is 33.9 Å². The van der Waals surface area contributed by atoms with E-state index in [1.54, 1.807) is 0 Å². The zero-order valence-corrected chi connectivity index (χ0v) is 9.07. The second-order valence-corrected chi connectivity index (χ2v) is 4.07. The molecule has 0 unspecified atom stereocenters. The van der Waals surface area contributed by atoms with Crippen LogP contribution in [0.15, 0.2) is 0 Å². The maximum atomic E-state index is 10.5. The van der Waals surface area contributed by atoms with E-state index in [2.05, 4.69) is 10.6 Å². The average Bonchev–Trinajstić information content (AvgIpc) is 2.06. The van der Waals surface area contributed by atoms with Crippen molar-refractivity contribution in [1.29, 1.82) is 0 Å².